The zero-order valence-corrected chi connectivity index (χ0v) is 9.75. The van der Waals surface area contributed by atoms with Gasteiger partial charge in [0, 0.05) is 6.42 Å². The zero-order chi connectivity index (χ0) is 11.6. The molecule has 0 heterocycles. The van der Waals surface area contributed by atoms with E-state index in [9.17, 15) is 9.90 Å². The fourth-order valence-corrected chi connectivity index (χ4v) is 1.89. The van der Waals surface area contributed by atoms with Crippen molar-refractivity contribution in [2.75, 3.05) is 0 Å². The van der Waals surface area contributed by atoms with Crippen LogP contribution in [0.15, 0.2) is 12.2 Å². The van der Waals surface area contributed by atoms with Crippen molar-refractivity contribution < 1.29 is 14.6 Å². The van der Waals surface area contributed by atoms with Crippen LogP contribution < -0.4 is 0 Å². The van der Waals surface area contributed by atoms with Gasteiger partial charge in [0.15, 0.2) is 5.60 Å². The Balaban J connectivity index is 2.78. The molecular formula is C12H20O3. The maximum atomic E-state index is 11.8. The molecule has 3 nitrogen and oxygen atoms in total. The van der Waals surface area contributed by atoms with Gasteiger partial charge in [-0.3, -0.25) is 0 Å². The third-order valence-corrected chi connectivity index (χ3v) is 2.96. The predicted molar refractivity (Wildman–Crippen MR) is 58.3 cm³/mol. The molecular weight excluding hydrogens is 192 g/mol. The first kappa shape index (κ1) is 12.2. The first-order chi connectivity index (χ1) is 6.86. The van der Waals surface area contributed by atoms with Gasteiger partial charge in [-0.25, -0.2) is 4.79 Å². The molecule has 0 radical (unpaired) electrons. The largest absolute Gasteiger partial charge is 0.461 e. The normalized spacial score (nSPS) is 31.8. The number of hydrogen-bond donors (Lipinski definition) is 1. The molecule has 1 saturated carbocycles. The summed E-state index contributed by atoms with van der Waals surface area (Å²) in [5.74, 6) is -0.569. The number of esters is 1. The molecule has 1 fully saturated rings. The summed E-state index contributed by atoms with van der Waals surface area (Å²) in [5, 5.41) is 10.3. The molecule has 86 valence electrons. The Labute approximate surface area is 91.1 Å². The minimum Gasteiger partial charge on any atom is -0.461 e. The lowest BCUT2D eigenvalue weighted by molar-refractivity contribution is -0.177. The van der Waals surface area contributed by atoms with Crippen LogP contribution in [0.2, 0.25) is 0 Å². The lowest BCUT2D eigenvalue weighted by Gasteiger charge is -2.37. The standard InChI is InChI=1S/C12H20O3/c1-8(2)15-11(13)12(14)7-9(3)5-6-10(12)4/h8,10,14H,3,5-7H2,1-2,4H3. The van der Waals surface area contributed by atoms with Gasteiger partial charge in [0.2, 0.25) is 0 Å². The summed E-state index contributed by atoms with van der Waals surface area (Å²) in [6.45, 7) is 9.28. The minimum absolute atomic E-state index is 0.0609. The second-order valence-corrected chi connectivity index (χ2v) is 4.74. The molecule has 0 amide bonds. The van der Waals surface area contributed by atoms with E-state index < -0.39 is 11.6 Å². The first-order valence-corrected chi connectivity index (χ1v) is 5.46. The second-order valence-electron chi connectivity index (χ2n) is 4.74. The van der Waals surface area contributed by atoms with Crippen LogP contribution >= 0.6 is 0 Å². The van der Waals surface area contributed by atoms with Gasteiger partial charge >= 0.3 is 5.97 Å². The molecule has 0 aromatic heterocycles. The van der Waals surface area contributed by atoms with Gasteiger partial charge in [-0.15, -0.1) is 0 Å². The van der Waals surface area contributed by atoms with Crippen LogP contribution in [-0.2, 0) is 9.53 Å². The number of ether oxygens (including phenoxy) is 1. The van der Waals surface area contributed by atoms with E-state index in [0.29, 0.717) is 6.42 Å². The Morgan fingerprint density at radius 3 is 2.80 bits per heavy atom. The Morgan fingerprint density at radius 1 is 1.67 bits per heavy atom. The molecule has 15 heavy (non-hydrogen) atoms. The maximum Gasteiger partial charge on any atom is 0.338 e. The van der Waals surface area contributed by atoms with Gasteiger partial charge < -0.3 is 9.84 Å². The number of hydrogen-bond acceptors (Lipinski definition) is 3. The molecule has 1 aliphatic rings. The topological polar surface area (TPSA) is 46.5 Å². The maximum absolute atomic E-state index is 11.8. The van der Waals surface area contributed by atoms with Gasteiger partial charge in [0.1, 0.15) is 0 Å². The summed E-state index contributed by atoms with van der Waals surface area (Å²) in [4.78, 5) is 11.8. The fraction of sp³-hybridized carbons (Fsp3) is 0.750. The van der Waals surface area contributed by atoms with E-state index in [1.54, 1.807) is 13.8 Å². The average Bonchev–Trinajstić information content (AvgIpc) is 2.10. The van der Waals surface area contributed by atoms with E-state index >= 15 is 0 Å². The number of carbonyl (C=O) groups excluding carboxylic acids is 1. The lowest BCUT2D eigenvalue weighted by Crippen LogP contribution is -2.49. The van der Waals surface area contributed by atoms with Crippen molar-refractivity contribution in [3.8, 4) is 0 Å². The molecule has 2 atom stereocenters. The molecule has 0 bridgehead atoms. The van der Waals surface area contributed by atoms with Crippen molar-refractivity contribution in [2.24, 2.45) is 5.92 Å². The van der Waals surface area contributed by atoms with Gasteiger partial charge in [-0.05, 0) is 32.6 Å². The van der Waals surface area contributed by atoms with E-state index in [1.165, 1.54) is 0 Å². The highest BCUT2D eigenvalue weighted by Gasteiger charge is 2.45. The number of carbonyl (C=O) groups is 1. The van der Waals surface area contributed by atoms with E-state index in [-0.39, 0.29) is 12.0 Å². The Hall–Kier alpha value is -0.830. The van der Waals surface area contributed by atoms with E-state index in [1.807, 2.05) is 6.92 Å². The highest BCUT2D eigenvalue weighted by atomic mass is 16.6. The van der Waals surface area contributed by atoms with Gasteiger partial charge in [-0.2, -0.15) is 0 Å². The molecule has 0 aliphatic heterocycles. The van der Waals surface area contributed by atoms with Crippen LogP contribution in [-0.4, -0.2) is 22.8 Å². The summed E-state index contributed by atoms with van der Waals surface area (Å²) in [5.41, 5.74) is -0.434. The van der Waals surface area contributed by atoms with E-state index in [4.69, 9.17) is 4.74 Å². The summed E-state index contributed by atoms with van der Waals surface area (Å²) in [6.07, 6.45) is 1.82. The van der Waals surface area contributed by atoms with E-state index in [2.05, 4.69) is 6.58 Å². The monoisotopic (exact) mass is 212 g/mol. The van der Waals surface area contributed by atoms with Gasteiger partial charge in [-0.1, -0.05) is 19.1 Å². The Kier molecular flexibility index (Phi) is 3.55. The van der Waals surface area contributed by atoms with Crippen molar-refractivity contribution in [1.29, 1.82) is 0 Å². The summed E-state index contributed by atoms with van der Waals surface area (Å²) >= 11 is 0. The molecule has 0 aromatic rings. The highest BCUT2D eigenvalue weighted by Crippen LogP contribution is 2.37. The smallest absolute Gasteiger partial charge is 0.338 e. The van der Waals surface area contributed by atoms with Gasteiger partial charge in [0.25, 0.3) is 0 Å². The molecule has 0 aromatic carbocycles. The molecule has 1 N–H and O–H groups in total. The Morgan fingerprint density at radius 2 is 2.27 bits per heavy atom. The van der Waals surface area contributed by atoms with Crippen molar-refractivity contribution in [2.45, 2.75) is 51.7 Å². The fourth-order valence-electron chi connectivity index (χ4n) is 1.89. The summed E-state index contributed by atoms with van der Waals surface area (Å²) in [6, 6.07) is 0. The number of rotatable bonds is 2. The van der Waals surface area contributed by atoms with Crippen LogP contribution in [0.5, 0.6) is 0 Å². The van der Waals surface area contributed by atoms with Crippen molar-refractivity contribution in [3.05, 3.63) is 12.2 Å². The quantitative estimate of drug-likeness (QED) is 0.563. The molecule has 1 aliphatic carbocycles. The van der Waals surface area contributed by atoms with E-state index in [0.717, 1.165) is 18.4 Å². The van der Waals surface area contributed by atoms with Crippen LogP contribution in [0.4, 0.5) is 0 Å². The first-order valence-electron chi connectivity index (χ1n) is 5.46. The zero-order valence-electron chi connectivity index (χ0n) is 9.75. The summed E-state index contributed by atoms with van der Waals surface area (Å²) in [7, 11) is 0. The highest BCUT2D eigenvalue weighted by molar-refractivity contribution is 5.80. The minimum atomic E-state index is -1.36. The second kappa shape index (κ2) is 4.35. The van der Waals surface area contributed by atoms with Gasteiger partial charge in [0.05, 0.1) is 6.10 Å². The predicted octanol–water partition coefficient (Wildman–Crippen LogP) is 2.05. The third kappa shape index (κ3) is 2.59. The third-order valence-electron chi connectivity index (χ3n) is 2.96. The Bertz CT molecular complexity index is 270. The molecule has 0 spiro atoms. The molecule has 1 rings (SSSR count). The lowest BCUT2D eigenvalue weighted by atomic mass is 9.74. The van der Waals surface area contributed by atoms with Crippen LogP contribution in [0.3, 0.4) is 0 Å². The van der Waals surface area contributed by atoms with Crippen LogP contribution in [0, 0.1) is 5.92 Å². The van der Waals surface area contributed by atoms with Crippen LogP contribution in [0.1, 0.15) is 40.0 Å². The summed E-state index contributed by atoms with van der Waals surface area (Å²) < 4.78 is 5.08. The molecule has 3 heteroatoms. The average molecular weight is 212 g/mol. The van der Waals surface area contributed by atoms with Crippen molar-refractivity contribution in [1.82, 2.24) is 0 Å². The van der Waals surface area contributed by atoms with Crippen LogP contribution in [0.25, 0.3) is 0 Å². The number of aliphatic hydroxyl groups is 1. The van der Waals surface area contributed by atoms with Crippen molar-refractivity contribution >= 4 is 5.97 Å². The SMILES string of the molecule is C=C1CCC(C)C(O)(C(=O)OC(C)C)C1. The molecule has 2 unspecified atom stereocenters. The molecule has 0 saturated heterocycles. The van der Waals surface area contributed by atoms with Crippen molar-refractivity contribution in [3.63, 3.8) is 0 Å².